The van der Waals surface area contributed by atoms with Crippen molar-refractivity contribution in [3.63, 3.8) is 0 Å². The Morgan fingerprint density at radius 2 is 2.00 bits per heavy atom. The first-order valence-electron chi connectivity index (χ1n) is 15.6. The van der Waals surface area contributed by atoms with Crippen LogP contribution >= 0.6 is 12.2 Å². The number of hydrogen-bond donors (Lipinski definition) is 3. The van der Waals surface area contributed by atoms with Crippen molar-refractivity contribution in [1.29, 1.82) is 0 Å². The van der Waals surface area contributed by atoms with Crippen molar-refractivity contribution in [2.24, 2.45) is 0 Å². The Labute approximate surface area is 268 Å². The van der Waals surface area contributed by atoms with Gasteiger partial charge in [-0.05, 0) is 79.3 Å². The number of halogens is 1. The van der Waals surface area contributed by atoms with Gasteiger partial charge in [0.05, 0.1) is 41.7 Å². The molecule has 2 aliphatic heterocycles. The minimum Gasteiger partial charge on any atom is -0.458 e. The molecule has 0 radical (unpaired) electrons. The Hall–Kier alpha value is -3.19. The summed E-state index contributed by atoms with van der Waals surface area (Å²) in [5.74, 6) is -1.10. The van der Waals surface area contributed by atoms with Gasteiger partial charge in [-0.25, -0.2) is 14.2 Å². The molecule has 0 spiro atoms. The van der Waals surface area contributed by atoms with Crippen molar-refractivity contribution in [1.82, 2.24) is 20.2 Å². The van der Waals surface area contributed by atoms with Gasteiger partial charge in [-0.3, -0.25) is 4.79 Å². The number of rotatable bonds is 6. The Morgan fingerprint density at radius 1 is 1.27 bits per heavy atom. The third-order valence-corrected chi connectivity index (χ3v) is 15.1. The number of thiocarbonyl (C=S) groups is 1. The predicted octanol–water partition coefficient (Wildman–Crippen LogP) is 5.00. The minimum atomic E-state index is -1.93. The second-order valence-electron chi connectivity index (χ2n) is 13.9. The van der Waals surface area contributed by atoms with Crippen LogP contribution in [0.2, 0.25) is 18.1 Å². The Bertz CT molecular complexity index is 1830. The lowest BCUT2D eigenvalue weighted by Crippen LogP contribution is -2.44. The van der Waals surface area contributed by atoms with Gasteiger partial charge in [-0.2, -0.15) is 0 Å². The summed E-state index contributed by atoms with van der Waals surface area (Å²) in [6, 6.07) is 2.93. The highest BCUT2D eigenvalue weighted by Crippen LogP contribution is 2.46. The van der Waals surface area contributed by atoms with Crippen molar-refractivity contribution in [2.45, 2.75) is 96.8 Å². The van der Waals surface area contributed by atoms with Gasteiger partial charge < -0.3 is 29.5 Å². The average molecular weight is 653 g/mol. The van der Waals surface area contributed by atoms with E-state index in [1.807, 2.05) is 0 Å². The topological polar surface area (TPSA) is 115 Å². The number of fused-ring (bicyclic) bond motifs is 5. The van der Waals surface area contributed by atoms with Gasteiger partial charge in [0.2, 0.25) is 0 Å². The molecule has 240 valence electrons. The zero-order valence-electron chi connectivity index (χ0n) is 26.9. The van der Waals surface area contributed by atoms with E-state index in [1.54, 1.807) is 24.5 Å². The summed E-state index contributed by atoms with van der Waals surface area (Å²) in [6.07, 6.45) is 1.37. The first kappa shape index (κ1) is 31.8. The summed E-state index contributed by atoms with van der Waals surface area (Å²) in [7, 11) is -1.89. The summed E-state index contributed by atoms with van der Waals surface area (Å²) >= 11 is 5.74. The number of nitrogens with zero attached hydrogens (tertiary/aromatic N) is 2. The summed E-state index contributed by atoms with van der Waals surface area (Å²) in [5, 5.41) is 19.6. The number of ether oxygens (including phenoxy) is 1. The molecule has 3 N–H and O–H groups in total. The summed E-state index contributed by atoms with van der Waals surface area (Å²) < 4.78 is 28.3. The lowest BCUT2D eigenvalue weighted by atomic mass is 9.81. The Morgan fingerprint density at radius 3 is 2.69 bits per heavy atom. The third kappa shape index (κ3) is 5.01. The van der Waals surface area contributed by atoms with Crippen LogP contribution in [0.3, 0.4) is 0 Å². The van der Waals surface area contributed by atoms with E-state index in [9.17, 15) is 14.7 Å². The van der Waals surface area contributed by atoms with E-state index in [0.29, 0.717) is 53.6 Å². The standard InChI is InChI=1S/C33H41FN4O5SSi/c1-8-33(41)21-13-25-28-19(15-38(25)29(39)20(21)16-42-30(33)40)27-23(10-9-18-17(2)22(34)14-24(36-28)26(18)27)37-31(44)35-11-12-43-45(6,7)32(3,4)5/h13-14,23,41H,8-12,15-16H2,1-7H3,(H2,35,37,44)/t23-,33-/m0/s1. The van der Waals surface area contributed by atoms with Gasteiger partial charge in [-0.1, -0.05) is 27.7 Å². The monoisotopic (exact) mass is 652 g/mol. The summed E-state index contributed by atoms with van der Waals surface area (Å²) in [5.41, 5.74) is 3.08. The van der Waals surface area contributed by atoms with Crippen molar-refractivity contribution in [3.8, 4) is 11.4 Å². The number of carbonyl (C=O) groups excluding carboxylic acids is 1. The molecule has 3 aromatic rings. The van der Waals surface area contributed by atoms with Crippen LogP contribution in [0, 0.1) is 12.7 Å². The molecule has 0 unspecified atom stereocenters. The summed E-state index contributed by atoms with van der Waals surface area (Å²) in [4.78, 5) is 31.4. The molecule has 6 rings (SSSR count). The maximum Gasteiger partial charge on any atom is 0.343 e. The highest BCUT2D eigenvalue weighted by Gasteiger charge is 2.46. The van der Waals surface area contributed by atoms with E-state index in [1.165, 1.54) is 6.07 Å². The minimum absolute atomic E-state index is 0.0518. The molecule has 0 saturated carbocycles. The van der Waals surface area contributed by atoms with Gasteiger partial charge in [0.25, 0.3) is 5.56 Å². The predicted molar refractivity (Wildman–Crippen MR) is 177 cm³/mol. The maximum atomic E-state index is 15.2. The second-order valence-corrected chi connectivity index (χ2v) is 19.1. The molecule has 4 heterocycles. The van der Waals surface area contributed by atoms with E-state index in [2.05, 4.69) is 44.5 Å². The first-order chi connectivity index (χ1) is 21.1. The van der Waals surface area contributed by atoms with E-state index in [-0.39, 0.29) is 53.2 Å². The largest absolute Gasteiger partial charge is 0.458 e. The maximum absolute atomic E-state index is 15.2. The molecule has 9 nitrogen and oxygen atoms in total. The third-order valence-electron chi connectivity index (χ3n) is 10.3. The number of carbonyl (C=O) groups is 1. The molecule has 45 heavy (non-hydrogen) atoms. The zero-order chi connectivity index (χ0) is 32.6. The molecule has 2 atom stereocenters. The van der Waals surface area contributed by atoms with Gasteiger partial charge >= 0.3 is 5.97 Å². The highest BCUT2D eigenvalue weighted by molar-refractivity contribution is 7.80. The number of esters is 1. The fraction of sp³-hybridized carbons (Fsp3) is 0.515. The molecule has 12 heteroatoms. The Balaban J connectivity index is 1.39. The lowest BCUT2D eigenvalue weighted by molar-refractivity contribution is -0.172. The number of hydrogen-bond acceptors (Lipinski definition) is 7. The fourth-order valence-electron chi connectivity index (χ4n) is 6.60. The van der Waals surface area contributed by atoms with Crippen LogP contribution < -0.4 is 16.2 Å². The number of aromatic nitrogens is 2. The SMILES string of the molecule is CC[C@@]1(O)C(=O)OCc2c1cc1n(c2=O)Cc2c-1nc1cc(F)c(C)c3c1c2[C@@H](NC(=S)NCCO[Si](C)(C)C(C)(C)C)CC3. The van der Waals surface area contributed by atoms with Gasteiger partial charge in [0.1, 0.15) is 12.4 Å². The molecular weight excluding hydrogens is 612 g/mol. The normalized spacial score (nSPS) is 20.4. The van der Waals surface area contributed by atoms with Crippen LogP contribution in [-0.4, -0.2) is 47.2 Å². The number of nitrogens with one attached hydrogen (secondary N) is 2. The average Bonchev–Trinajstić information content (AvgIpc) is 3.34. The number of aryl methyl sites for hydroxylation is 1. The molecule has 0 fully saturated rings. The molecule has 0 saturated heterocycles. The number of cyclic esters (lactones) is 1. The highest BCUT2D eigenvalue weighted by atomic mass is 32.1. The van der Waals surface area contributed by atoms with E-state index in [0.717, 1.165) is 22.1 Å². The first-order valence-corrected chi connectivity index (χ1v) is 18.9. The van der Waals surface area contributed by atoms with Crippen molar-refractivity contribution >= 4 is 42.5 Å². The lowest BCUT2D eigenvalue weighted by Gasteiger charge is -2.36. The van der Waals surface area contributed by atoms with Crippen molar-refractivity contribution in [2.75, 3.05) is 13.2 Å². The molecule has 0 amide bonds. The van der Waals surface area contributed by atoms with Crippen molar-refractivity contribution in [3.05, 3.63) is 61.7 Å². The number of pyridine rings is 2. The summed E-state index contributed by atoms with van der Waals surface area (Å²) in [6.45, 7) is 15.7. The molecule has 2 aromatic heterocycles. The van der Waals surface area contributed by atoms with Gasteiger partial charge in [0, 0.05) is 29.1 Å². The quantitative estimate of drug-likeness (QED) is 0.115. The zero-order valence-corrected chi connectivity index (χ0v) is 28.8. The second kappa shape index (κ2) is 11.0. The van der Waals surface area contributed by atoms with E-state index in [4.69, 9.17) is 26.4 Å². The van der Waals surface area contributed by atoms with Crippen LogP contribution in [0.4, 0.5) is 4.39 Å². The van der Waals surface area contributed by atoms with Gasteiger partial charge in [-0.15, -0.1) is 0 Å². The fourth-order valence-corrected chi connectivity index (χ4v) is 7.89. The van der Waals surface area contributed by atoms with E-state index < -0.39 is 19.9 Å². The van der Waals surface area contributed by atoms with Crippen LogP contribution in [0.5, 0.6) is 0 Å². The smallest absolute Gasteiger partial charge is 0.343 e. The van der Waals surface area contributed by atoms with E-state index >= 15 is 4.39 Å². The Kier molecular flexibility index (Phi) is 7.74. The number of aliphatic hydroxyl groups is 1. The molecular formula is C33H41FN4O5SSi. The molecule has 1 aliphatic carbocycles. The van der Waals surface area contributed by atoms with Crippen LogP contribution in [0.15, 0.2) is 16.9 Å². The molecule has 3 aliphatic rings. The van der Waals surface area contributed by atoms with Crippen molar-refractivity contribution < 1.29 is 23.5 Å². The number of benzene rings is 1. The van der Waals surface area contributed by atoms with Crippen LogP contribution in [0.1, 0.15) is 80.0 Å². The van der Waals surface area contributed by atoms with Crippen LogP contribution in [0.25, 0.3) is 22.3 Å². The van der Waals surface area contributed by atoms with Gasteiger partial charge in [0.15, 0.2) is 19.0 Å². The molecule has 1 aromatic carbocycles. The molecule has 0 bridgehead atoms. The van der Waals surface area contributed by atoms with Crippen LogP contribution in [-0.2, 0) is 39.1 Å².